The third-order valence-corrected chi connectivity index (χ3v) is 13.2. The smallest absolute Gasteiger partial charge is 0.306 e. The summed E-state index contributed by atoms with van der Waals surface area (Å²) in [5.41, 5.74) is 0. The van der Waals surface area contributed by atoms with Gasteiger partial charge in [-0.25, -0.2) is 0 Å². The van der Waals surface area contributed by atoms with Crippen LogP contribution in [0, 0.1) is 0 Å². The number of carbonyl (C=O) groups is 2. The summed E-state index contributed by atoms with van der Waals surface area (Å²) in [6.45, 7) is 5.50. The van der Waals surface area contributed by atoms with Gasteiger partial charge in [-0.2, -0.15) is 0 Å². The number of allylic oxidation sites excluding steroid dienone is 17. The average Bonchev–Trinajstić information content (AvgIpc) is 3.41. The number of aliphatic hydroxyl groups excluding tert-OH is 5. The lowest BCUT2D eigenvalue weighted by Crippen LogP contribution is -2.61. The summed E-state index contributed by atoms with van der Waals surface area (Å²) in [6, 6.07) is -1.04. The number of aliphatic hydroxyl groups is 5. The van der Waals surface area contributed by atoms with E-state index < -0.39 is 67.4 Å². The number of rotatable bonds is 48. The molecule has 1 heterocycles. The van der Waals surface area contributed by atoms with Crippen molar-refractivity contribution in [2.45, 2.75) is 269 Å². The fourth-order valence-corrected chi connectivity index (χ4v) is 8.56. The Hall–Kier alpha value is -3.68. The zero-order valence-corrected chi connectivity index (χ0v) is 47.1. The molecule has 75 heavy (non-hydrogen) atoms. The van der Waals surface area contributed by atoms with E-state index in [0.717, 1.165) is 135 Å². The molecule has 6 N–H and O–H groups in total. The van der Waals surface area contributed by atoms with Crippen LogP contribution in [0.25, 0.3) is 0 Å². The number of carbonyl (C=O) groups excluding carboxylic acids is 2. The maximum absolute atomic E-state index is 13.4. The molecular formula is C64H107NO10. The molecule has 8 unspecified atom stereocenters. The van der Waals surface area contributed by atoms with Crippen molar-refractivity contribution in [3.8, 4) is 0 Å². The van der Waals surface area contributed by atoms with Crippen molar-refractivity contribution >= 4 is 11.9 Å². The second-order valence-corrected chi connectivity index (χ2v) is 20.0. The molecule has 1 fully saturated rings. The molecule has 11 heteroatoms. The quantitative estimate of drug-likeness (QED) is 0.0149. The number of amides is 1. The highest BCUT2D eigenvalue weighted by Gasteiger charge is 2.47. The van der Waals surface area contributed by atoms with Crippen LogP contribution in [-0.4, -0.2) is 99.6 Å². The van der Waals surface area contributed by atoms with E-state index in [1.165, 1.54) is 38.5 Å². The van der Waals surface area contributed by atoms with Crippen molar-refractivity contribution in [2.75, 3.05) is 13.2 Å². The van der Waals surface area contributed by atoms with Crippen molar-refractivity contribution in [1.82, 2.24) is 5.32 Å². The van der Waals surface area contributed by atoms with Gasteiger partial charge in [0.15, 0.2) is 12.4 Å². The van der Waals surface area contributed by atoms with E-state index in [-0.39, 0.29) is 19.4 Å². The summed E-state index contributed by atoms with van der Waals surface area (Å²) in [6.07, 6.45) is 58.4. The molecule has 0 aliphatic carbocycles. The van der Waals surface area contributed by atoms with Gasteiger partial charge in [-0.15, -0.1) is 0 Å². The highest BCUT2D eigenvalue weighted by atomic mass is 16.7. The highest BCUT2D eigenvalue weighted by molar-refractivity contribution is 5.80. The van der Waals surface area contributed by atoms with E-state index in [1.54, 1.807) is 6.08 Å². The molecular weight excluding hydrogens is 943 g/mol. The molecule has 0 aromatic carbocycles. The second-order valence-electron chi connectivity index (χ2n) is 20.0. The van der Waals surface area contributed by atoms with Gasteiger partial charge in [-0.1, -0.05) is 233 Å². The second kappa shape index (κ2) is 51.1. The molecule has 0 aromatic rings. The lowest BCUT2D eigenvalue weighted by molar-refractivity contribution is -0.305. The highest BCUT2D eigenvalue weighted by Crippen LogP contribution is 2.26. The molecule has 11 nitrogen and oxygen atoms in total. The first-order chi connectivity index (χ1) is 36.7. The molecule has 1 saturated heterocycles. The number of hydrogen-bond acceptors (Lipinski definition) is 10. The summed E-state index contributed by atoms with van der Waals surface area (Å²) in [5, 5.41) is 56.9. The Morgan fingerprint density at radius 3 is 1.59 bits per heavy atom. The largest absolute Gasteiger partial charge is 0.454 e. The predicted molar refractivity (Wildman–Crippen MR) is 310 cm³/mol. The molecule has 1 aliphatic heterocycles. The minimum Gasteiger partial charge on any atom is -0.454 e. The summed E-state index contributed by atoms with van der Waals surface area (Å²) in [7, 11) is 0. The van der Waals surface area contributed by atoms with Crippen molar-refractivity contribution in [3.63, 3.8) is 0 Å². The topological polar surface area (TPSA) is 175 Å². The SMILES string of the molecule is CC/C=C\C/C=C\C/C=C\C/C=C\C/C=C\CCCCCCC(O)C(=O)NC(COC1OC(CO)C(O)C(O)C1OC(=O)CCCCCCCCC/C=C/C=C/C=C/CC)C(O)/C=C/CCCCCCCCCCC. The minimum absolute atomic E-state index is 0.102. The molecule has 1 rings (SSSR count). The zero-order valence-electron chi connectivity index (χ0n) is 47.1. The molecule has 1 aliphatic rings. The first-order valence-electron chi connectivity index (χ1n) is 29.7. The maximum atomic E-state index is 13.4. The molecule has 1 amide bonds. The molecule has 0 aromatic heterocycles. The van der Waals surface area contributed by atoms with Crippen LogP contribution in [0.5, 0.6) is 0 Å². The van der Waals surface area contributed by atoms with E-state index >= 15 is 0 Å². The third-order valence-electron chi connectivity index (χ3n) is 13.2. The van der Waals surface area contributed by atoms with E-state index in [2.05, 4.69) is 117 Å². The van der Waals surface area contributed by atoms with E-state index in [0.29, 0.717) is 12.8 Å². The van der Waals surface area contributed by atoms with Crippen molar-refractivity contribution < 1.29 is 49.3 Å². The summed E-state index contributed by atoms with van der Waals surface area (Å²) in [4.78, 5) is 26.5. The van der Waals surface area contributed by atoms with Gasteiger partial charge in [0.2, 0.25) is 5.91 Å². The number of nitrogens with one attached hydrogen (secondary N) is 1. The lowest BCUT2D eigenvalue weighted by Gasteiger charge is -2.41. The van der Waals surface area contributed by atoms with Crippen LogP contribution >= 0.6 is 0 Å². The molecule has 0 radical (unpaired) electrons. The third kappa shape index (κ3) is 39.4. The normalized spacial score (nSPS) is 20.0. The Labute approximate surface area is 456 Å². The Kier molecular flexibility index (Phi) is 47.2. The number of esters is 1. The Morgan fingerprint density at radius 1 is 0.547 bits per heavy atom. The number of unbranched alkanes of at least 4 members (excludes halogenated alkanes) is 20. The Balaban J connectivity index is 2.72. The van der Waals surface area contributed by atoms with Crippen LogP contribution in [0.2, 0.25) is 0 Å². The van der Waals surface area contributed by atoms with E-state index in [9.17, 15) is 35.1 Å². The van der Waals surface area contributed by atoms with Gasteiger partial charge in [0.05, 0.1) is 25.4 Å². The Bertz CT molecular complexity index is 1630. The van der Waals surface area contributed by atoms with Crippen LogP contribution < -0.4 is 5.32 Å². The van der Waals surface area contributed by atoms with Gasteiger partial charge < -0.3 is 45.1 Å². The summed E-state index contributed by atoms with van der Waals surface area (Å²) < 4.78 is 17.6. The average molecular weight is 1050 g/mol. The summed E-state index contributed by atoms with van der Waals surface area (Å²) >= 11 is 0. The van der Waals surface area contributed by atoms with Gasteiger partial charge in [0.1, 0.15) is 24.4 Å². The van der Waals surface area contributed by atoms with Gasteiger partial charge in [0.25, 0.3) is 0 Å². The monoisotopic (exact) mass is 1050 g/mol. The minimum atomic E-state index is -1.63. The van der Waals surface area contributed by atoms with Crippen LogP contribution in [0.3, 0.4) is 0 Å². The molecule has 0 saturated carbocycles. The van der Waals surface area contributed by atoms with Gasteiger partial charge in [0, 0.05) is 6.42 Å². The van der Waals surface area contributed by atoms with E-state index in [4.69, 9.17) is 14.2 Å². The van der Waals surface area contributed by atoms with Crippen LogP contribution in [-0.2, 0) is 23.8 Å². The first-order valence-corrected chi connectivity index (χ1v) is 29.7. The first kappa shape index (κ1) is 69.3. The number of hydrogen-bond donors (Lipinski definition) is 6. The van der Waals surface area contributed by atoms with Crippen molar-refractivity contribution in [1.29, 1.82) is 0 Å². The van der Waals surface area contributed by atoms with Crippen LogP contribution in [0.1, 0.15) is 220 Å². The van der Waals surface area contributed by atoms with E-state index in [1.807, 2.05) is 12.2 Å². The predicted octanol–water partition coefficient (Wildman–Crippen LogP) is 13.7. The molecule has 0 bridgehead atoms. The van der Waals surface area contributed by atoms with Gasteiger partial charge in [-0.05, 0) is 89.9 Å². The molecule has 0 spiro atoms. The lowest BCUT2D eigenvalue weighted by atomic mass is 9.99. The Morgan fingerprint density at radius 2 is 1.03 bits per heavy atom. The summed E-state index contributed by atoms with van der Waals surface area (Å²) in [5.74, 6) is -1.24. The van der Waals surface area contributed by atoms with Crippen LogP contribution in [0.4, 0.5) is 0 Å². The molecule has 8 atom stereocenters. The fourth-order valence-electron chi connectivity index (χ4n) is 8.56. The molecule has 428 valence electrons. The maximum Gasteiger partial charge on any atom is 0.306 e. The number of ether oxygens (including phenoxy) is 3. The zero-order chi connectivity index (χ0) is 54.7. The van der Waals surface area contributed by atoms with Crippen LogP contribution in [0.15, 0.2) is 109 Å². The van der Waals surface area contributed by atoms with Crippen molar-refractivity contribution in [3.05, 3.63) is 109 Å². The van der Waals surface area contributed by atoms with Gasteiger partial charge in [-0.3, -0.25) is 9.59 Å². The van der Waals surface area contributed by atoms with Crippen molar-refractivity contribution in [2.24, 2.45) is 0 Å². The fraction of sp³-hybridized carbons (Fsp3) is 0.688. The standard InChI is InChI=1S/C64H107NO10/c1-4-7-10-13-16-19-22-24-26-27-28-29-30-32-33-36-39-42-45-48-51-57(68)63(72)65-55(56(67)50-47-44-41-38-35-21-18-15-12-9-6-3)54-73-64-62(61(71)60(70)58(53-66)74-64)75-59(69)52-49-46-43-40-37-34-31-25-23-20-17-14-11-8-5-2/h7-8,10-11,14,16-17,19-20,23-24,26,28-29,32-33,47,50,55-58,60-62,64,66-68,70-71H,4-6,9,12-13,15,18,21-22,25,27,30-31,34-46,48-49,51-54H2,1-3H3,(H,65,72)/b10-7-,11-8+,17-14+,19-16-,23-20+,26-24-,29-28-,33-32-,50-47+. The van der Waals surface area contributed by atoms with Gasteiger partial charge >= 0.3 is 5.97 Å².